The van der Waals surface area contributed by atoms with Gasteiger partial charge in [-0.3, -0.25) is 14.4 Å². The molecule has 5 aliphatic carbocycles. The molecule has 194 valence electrons. The summed E-state index contributed by atoms with van der Waals surface area (Å²) in [7, 11) is 1.31. The van der Waals surface area contributed by atoms with E-state index in [1.165, 1.54) is 26.4 Å². The Morgan fingerprint density at radius 1 is 1.06 bits per heavy atom. The highest BCUT2D eigenvalue weighted by Crippen LogP contribution is 2.69. The summed E-state index contributed by atoms with van der Waals surface area (Å²) in [4.78, 5) is 35.5. The zero-order valence-corrected chi connectivity index (χ0v) is 22.8. The number of ketones is 2. The number of carbonyl (C=O) groups excluding carboxylic acids is 3. The highest BCUT2D eigenvalue weighted by Gasteiger charge is 2.63. The molecule has 0 N–H and O–H groups in total. The van der Waals surface area contributed by atoms with Crippen molar-refractivity contribution in [2.24, 2.45) is 45.3 Å². The predicted molar refractivity (Wildman–Crippen MR) is 138 cm³/mol. The Bertz CT molecular complexity index is 1110. The molecule has 0 bridgehead atoms. The summed E-state index contributed by atoms with van der Waals surface area (Å²) in [6.45, 7) is 16.2. The van der Waals surface area contributed by atoms with Gasteiger partial charge in [0.1, 0.15) is 6.07 Å². The Hall–Kier alpha value is -2.48. The summed E-state index contributed by atoms with van der Waals surface area (Å²) in [6, 6.07) is 2.11. The van der Waals surface area contributed by atoms with E-state index in [0.717, 1.165) is 31.3 Å². The van der Waals surface area contributed by atoms with Crippen molar-refractivity contribution in [3.05, 3.63) is 35.5 Å². The number of hydrogen-bond acceptors (Lipinski definition) is 5. The van der Waals surface area contributed by atoms with E-state index in [1.54, 1.807) is 0 Å². The lowest BCUT2D eigenvalue weighted by molar-refractivity contribution is -0.143. The number of fused-ring (bicyclic) bond motifs is 7. The number of ether oxygens (including phenoxy) is 1. The molecular formula is C31H41NO4. The van der Waals surface area contributed by atoms with Crippen LogP contribution < -0.4 is 0 Å². The molecule has 0 aromatic carbocycles. The molecular weight excluding hydrogens is 450 g/mol. The Labute approximate surface area is 216 Å². The monoisotopic (exact) mass is 491 g/mol. The van der Waals surface area contributed by atoms with Gasteiger partial charge in [0.15, 0.2) is 11.6 Å². The van der Waals surface area contributed by atoms with E-state index >= 15 is 0 Å². The van der Waals surface area contributed by atoms with Crippen LogP contribution >= 0.6 is 0 Å². The predicted octanol–water partition coefficient (Wildman–Crippen LogP) is 6.15. The van der Waals surface area contributed by atoms with Crippen LogP contribution in [-0.2, 0) is 19.1 Å². The molecule has 0 aromatic rings. The summed E-state index contributed by atoms with van der Waals surface area (Å²) in [5.74, 6) is 0.980. The largest absolute Gasteiger partial charge is 0.471 e. The third kappa shape index (κ3) is 3.83. The summed E-state index contributed by atoms with van der Waals surface area (Å²) in [5.41, 5.74) is 1.93. The van der Waals surface area contributed by atoms with Gasteiger partial charge in [-0.15, -0.1) is 0 Å². The van der Waals surface area contributed by atoms with Gasteiger partial charge in [0, 0.05) is 11.3 Å². The molecule has 3 saturated carbocycles. The molecule has 0 aliphatic heterocycles. The fraction of sp³-hybridized carbons (Fsp3) is 0.677. The fourth-order valence-corrected chi connectivity index (χ4v) is 8.80. The first-order chi connectivity index (χ1) is 16.8. The number of hydrogen-bond donors (Lipinski definition) is 0. The minimum absolute atomic E-state index is 0.0155. The van der Waals surface area contributed by atoms with E-state index in [-0.39, 0.29) is 34.0 Å². The van der Waals surface area contributed by atoms with Crippen LogP contribution in [0.2, 0.25) is 0 Å². The van der Waals surface area contributed by atoms with Crippen molar-refractivity contribution in [2.45, 2.75) is 79.6 Å². The van der Waals surface area contributed by atoms with E-state index < -0.39 is 5.41 Å². The van der Waals surface area contributed by atoms with Crippen molar-refractivity contribution in [2.75, 3.05) is 7.11 Å². The zero-order chi connectivity index (χ0) is 26.7. The van der Waals surface area contributed by atoms with Gasteiger partial charge < -0.3 is 4.74 Å². The van der Waals surface area contributed by atoms with Gasteiger partial charge >= 0.3 is 0 Å². The van der Waals surface area contributed by atoms with Crippen LogP contribution in [-0.4, -0.2) is 25.1 Å². The molecule has 0 spiro atoms. The SMILES string of the molecule is C=C1C(=O)C(C#N)=CC2(C)C3=CC(=O)C4C5CC(C)(C)CCC5(C)CCC4C3(C)CCC12.COC=O. The van der Waals surface area contributed by atoms with E-state index in [9.17, 15) is 14.9 Å². The first-order valence-corrected chi connectivity index (χ1v) is 13.4. The quantitative estimate of drug-likeness (QED) is 0.324. The summed E-state index contributed by atoms with van der Waals surface area (Å²) < 4.78 is 3.86. The Balaban J connectivity index is 0.000000709. The van der Waals surface area contributed by atoms with Crippen LogP contribution in [0.5, 0.6) is 0 Å². The van der Waals surface area contributed by atoms with E-state index in [2.05, 4.69) is 52.0 Å². The summed E-state index contributed by atoms with van der Waals surface area (Å²) in [6.07, 6.45) is 11.7. The average Bonchev–Trinajstić information content (AvgIpc) is 2.83. The standard InChI is InChI=1S/C29H37NO2.C2H4O2/c1-17-19-8-10-28(5)20-7-9-27(4)12-11-26(2,3)15-21(27)24(20)22(31)13-23(28)29(19,6)14-18(16-30)25(17)32;1-4-2-3/h13-14,19-21,24H,1,7-12,15H2,2-6H3;2H,1H3. The second kappa shape index (κ2) is 8.82. The van der Waals surface area contributed by atoms with Crippen LogP contribution in [0.4, 0.5) is 0 Å². The molecule has 5 rings (SSSR count). The summed E-state index contributed by atoms with van der Waals surface area (Å²) in [5, 5.41) is 9.62. The number of nitriles is 1. The molecule has 5 nitrogen and oxygen atoms in total. The van der Waals surface area contributed by atoms with Crippen LogP contribution in [0, 0.1) is 56.7 Å². The highest BCUT2D eigenvalue weighted by atomic mass is 16.5. The number of methoxy groups -OCH3 is 1. The number of allylic oxidation sites excluding steroid dienone is 5. The minimum atomic E-state index is -0.476. The average molecular weight is 492 g/mol. The maximum Gasteiger partial charge on any atom is 0.292 e. The lowest BCUT2D eigenvalue weighted by Gasteiger charge is -2.63. The number of nitrogens with zero attached hydrogens (tertiary/aromatic N) is 1. The maximum absolute atomic E-state index is 13.9. The Kier molecular flexibility index (Phi) is 6.51. The van der Waals surface area contributed by atoms with Crippen molar-refractivity contribution in [3.8, 4) is 6.07 Å². The topological polar surface area (TPSA) is 84.2 Å². The first kappa shape index (κ1) is 26.6. The molecule has 36 heavy (non-hydrogen) atoms. The maximum atomic E-state index is 13.9. The molecule has 0 heterocycles. The number of carbonyl (C=O) groups is 3. The molecule has 7 unspecified atom stereocenters. The third-order valence-electron chi connectivity index (χ3n) is 10.9. The molecule has 3 fully saturated rings. The van der Waals surface area contributed by atoms with Crippen LogP contribution in [0.15, 0.2) is 35.5 Å². The van der Waals surface area contributed by atoms with E-state index in [1.807, 2.05) is 12.2 Å². The van der Waals surface area contributed by atoms with E-state index in [4.69, 9.17) is 4.79 Å². The fourth-order valence-electron chi connectivity index (χ4n) is 8.80. The van der Waals surface area contributed by atoms with Crippen LogP contribution in [0.25, 0.3) is 0 Å². The van der Waals surface area contributed by atoms with Crippen molar-refractivity contribution in [1.29, 1.82) is 5.26 Å². The van der Waals surface area contributed by atoms with Crippen LogP contribution in [0.3, 0.4) is 0 Å². The third-order valence-corrected chi connectivity index (χ3v) is 10.9. The van der Waals surface area contributed by atoms with Gasteiger partial charge in [0.25, 0.3) is 6.47 Å². The molecule has 0 amide bonds. The van der Waals surface area contributed by atoms with Gasteiger partial charge in [-0.1, -0.05) is 52.8 Å². The molecule has 0 saturated heterocycles. The normalized spacial score (nSPS) is 42.5. The Morgan fingerprint density at radius 2 is 1.72 bits per heavy atom. The molecule has 0 radical (unpaired) electrons. The van der Waals surface area contributed by atoms with Crippen molar-refractivity contribution >= 4 is 18.0 Å². The van der Waals surface area contributed by atoms with Crippen molar-refractivity contribution in [1.82, 2.24) is 0 Å². The second-order valence-electron chi connectivity index (χ2n) is 13.4. The lowest BCUT2D eigenvalue weighted by atomic mass is 9.40. The van der Waals surface area contributed by atoms with Gasteiger partial charge in [-0.25, -0.2) is 0 Å². The smallest absolute Gasteiger partial charge is 0.292 e. The van der Waals surface area contributed by atoms with Crippen molar-refractivity contribution in [3.63, 3.8) is 0 Å². The van der Waals surface area contributed by atoms with Gasteiger partial charge in [-0.05, 0) is 90.6 Å². The minimum Gasteiger partial charge on any atom is -0.471 e. The number of Topliss-reactive ketones (excluding diaryl/α,β-unsaturated/α-hetero) is 1. The lowest BCUT2D eigenvalue weighted by Crippen LogP contribution is -2.58. The van der Waals surface area contributed by atoms with Crippen LogP contribution in [0.1, 0.15) is 79.6 Å². The second-order valence-corrected chi connectivity index (χ2v) is 13.4. The van der Waals surface area contributed by atoms with Gasteiger partial charge in [0.05, 0.1) is 12.7 Å². The zero-order valence-electron chi connectivity index (χ0n) is 22.8. The molecule has 5 heteroatoms. The van der Waals surface area contributed by atoms with Gasteiger partial charge in [-0.2, -0.15) is 5.26 Å². The first-order valence-electron chi connectivity index (χ1n) is 13.4. The molecule has 5 aliphatic rings. The number of rotatable bonds is 1. The Morgan fingerprint density at radius 3 is 2.33 bits per heavy atom. The van der Waals surface area contributed by atoms with Gasteiger partial charge in [0.2, 0.25) is 0 Å². The highest BCUT2D eigenvalue weighted by molar-refractivity contribution is 6.12. The summed E-state index contributed by atoms with van der Waals surface area (Å²) >= 11 is 0. The van der Waals surface area contributed by atoms with Crippen molar-refractivity contribution < 1.29 is 19.1 Å². The molecule has 0 aromatic heterocycles. The molecule has 7 atom stereocenters. The van der Waals surface area contributed by atoms with E-state index in [0.29, 0.717) is 35.1 Å².